The summed E-state index contributed by atoms with van der Waals surface area (Å²) in [6.07, 6.45) is 5.75. The van der Waals surface area contributed by atoms with E-state index >= 15 is 0 Å². The van der Waals surface area contributed by atoms with E-state index in [-0.39, 0.29) is 24.6 Å². The largest absolute Gasteiger partial charge is 0.447 e. The van der Waals surface area contributed by atoms with Gasteiger partial charge in [-0.15, -0.1) is 0 Å². The molecule has 0 unspecified atom stereocenters. The zero-order chi connectivity index (χ0) is 26.6. The lowest BCUT2D eigenvalue weighted by molar-refractivity contribution is 0.0652. The summed E-state index contributed by atoms with van der Waals surface area (Å²) in [5.74, 6) is 0.673. The van der Waals surface area contributed by atoms with Crippen LogP contribution in [0.15, 0.2) is 12.1 Å². The van der Waals surface area contributed by atoms with Gasteiger partial charge in [-0.05, 0) is 73.8 Å². The minimum Gasteiger partial charge on any atom is -0.447 e. The summed E-state index contributed by atoms with van der Waals surface area (Å²) in [4.78, 5) is 26.0. The monoisotopic (exact) mass is 538 g/mol. The van der Waals surface area contributed by atoms with Gasteiger partial charge in [0.15, 0.2) is 0 Å². The van der Waals surface area contributed by atoms with Crippen LogP contribution in [0.3, 0.4) is 0 Å². The van der Waals surface area contributed by atoms with Gasteiger partial charge in [-0.3, -0.25) is 0 Å². The van der Waals surface area contributed by atoms with Crippen molar-refractivity contribution >= 4 is 23.7 Å². The maximum atomic E-state index is 13.0. The highest BCUT2D eigenvalue weighted by Gasteiger charge is 2.27. The van der Waals surface area contributed by atoms with Crippen molar-refractivity contribution in [3.63, 3.8) is 0 Å². The molecule has 2 heterocycles. The van der Waals surface area contributed by atoms with Crippen molar-refractivity contribution in [1.29, 1.82) is 0 Å². The lowest BCUT2D eigenvalue weighted by Crippen LogP contribution is -2.48. The number of nitrogens with zero attached hydrogens (tertiary/aromatic N) is 1. The number of halogens is 1. The van der Waals surface area contributed by atoms with E-state index in [2.05, 4.69) is 17.6 Å². The number of hydrogen-bond acceptors (Lipinski definition) is 6. The summed E-state index contributed by atoms with van der Waals surface area (Å²) >= 11 is 6.47. The fraction of sp³-hybridized carbons (Fsp3) is 0.704. The van der Waals surface area contributed by atoms with Crippen LogP contribution in [0.4, 0.5) is 9.59 Å². The van der Waals surface area contributed by atoms with Gasteiger partial charge >= 0.3 is 12.1 Å². The van der Waals surface area contributed by atoms with Crippen molar-refractivity contribution in [2.75, 3.05) is 53.1 Å². The van der Waals surface area contributed by atoms with Gasteiger partial charge in [0, 0.05) is 56.9 Å². The van der Waals surface area contributed by atoms with Crippen LogP contribution < -0.4 is 16.4 Å². The SMILES string of the molecule is CNC(=O)OCCOCc1cc(Cl)cc([C@H]2CCCN(C(=O)NC[C@@H](N)C[C@H]3CCCCOC3)C2)c1C. The first-order valence-electron chi connectivity index (χ1n) is 13.4. The van der Waals surface area contributed by atoms with E-state index in [9.17, 15) is 9.59 Å². The van der Waals surface area contributed by atoms with Crippen LogP contribution in [0.25, 0.3) is 0 Å². The molecule has 10 heteroatoms. The number of carbonyl (C=O) groups is 2. The Labute approximate surface area is 225 Å². The third kappa shape index (κ3) is 9.63. The number of alkyl carbamates (subject to hydrolysis) is 1. The smallest absolute Gasteiger partial charge is 0.406 e. The third-order valence-corrected chi connectivity index (χ3v) is 7.47. The molecule has 208 valence electrons. The number of nitrogens with two attached hydrogens (primary N) is 1. The number of amides is 3. The summed E-state index contributed by atoms with van der Waals surface area (Å²) in [6.45, 7) is 6.36. The Kier molecular flexibility index (Phi) is 12.2. The Morgan fingerprint density at radius 3 is 2.89 bits per heavy atom. The molecule has 0 bridgehead atoms. The van der Waals surface area contributed by atoms with Gasteiger partial charge in [-0.1, -0.05) is 18.0 Å². The number of benzene rings is 1. The molecule has 2 saturated heterocycles. The molecule has 0 saturated carbocycles. The molecular weight excluding hydrogens is 496 g/mol. The molecule has 3 rings (SSSR count). The molecule has 0 radical (unpaired) electrons. The van der Waals surface area contributed by atoms with Crippen LogP contribution in [0, 0.1) is 12.8 Å². The topological polar surface area (TPSA) is 115 Å². The van der Waals surface area contributed by atoms with Crippen molar-refractivity contribution < 1.29 is 23.8 Å². The third-order valence-electron chi connectivity index (χ3n) is 7.25. The zero-order valence-corrected chi connectivity index (χ0v) is 23.0. The van der Waals surface area contributed by atoms with Gasteiger partial charge in [0.25, 0.3) is 0 Å². The minimum absolute atomic E-state index is 0.0587. The Hall–Kier alpha value is -2.07. The Balaban J connectivity index is 1.50. The molecular formula is C27H43ClN4O5. The predicted octanol–water partition coefficient (Wildman–Crippen LogP) is 3.94. The van der Waals surface area contributed by atoms with Gasteiger partial charge in [-0.25, -0.2) is 9.59 Å². The first kappa shape index (κ1) is 29.5. The number of urea groups is 1. The molecule has 1 aromatic rings. The highest BCUT2D eigenvalue weighted by molar-refractivity contribution is 6.30. The van der Waals surface area contributed by atoms with Crippen LogP contribution in [0.5, 0.6) is 0 Å². The van der Waals surface area contributed by atoms with Crippen LogP contribution in [-0.2, 0) is 20.8 Å². The average molecular weight is 539 g/mol. The van der Waals surface area contributed by atoms with Gasteiger partial charge in [0.05, 0.1) is 13.2 Å². The first-order chi connectivity index (χ1) is 17.9. The lowest BCUT2D eigenvalue weighted by Gasteiger charge is -2.34. The van der Waals surface area contributed by atoms with Crippen molar-refractivity contribution in [2.45, 2.75) is 64.0 Å². The van der Waals surface area contributed by atoms with Crippen LogP contribution >= 0.6 is 11.6 Å². The van der Waals surface area contributed by atoms with Crippen molar-refractivity contribution in [3.05, 3.63) is 33.8 Å². The van der Waals surface area contributed by atoms with E-state index in [1.807, 2.05) is 17.0 Å². The first-order valence-corrected chi connectivity index (χ1v) is 13.8. The number of nitrogens with one attached hydrogen (secondary N) is 2. The normalized spacial score (nSPS) is 21.1. The molecule has 1 aromatic carbocycles. The number of carbonyl (C=O) groups excluding carboxylic acids is 2. The molecule has 0 aromatic heterocycles. The van der Waals surface area contributed by atoms with E-state index in [4.69, 9.17) is 31.5 Å². The van der Waals surface area contributed by atoms with Crippen molar-refractivity contribution in [2.24, 2.45) is 11.7 Å². The van der Waals surface area contributed by atoms with E-state index in [0.29, 0.717) is 37.2 Å². The second-order valence-corrected chi connectivity index (χ2v) is 10.6. The Morgan fingerprint density at radius 1 is 1.24 bits per heavy atom. The van der Waals surface area contributed by atoms with Crippen LogP contribution in [-0.4, -0.2) is 76.2 Å². The fourth-order valence-electron chi connectivity index (χ4n) is 5.19. The molecule has 0 spiro atoms. The van der Waals surface area contributed by atoms with Crippen LogP contribution in [0.1, 0.15) is 61.1 Å². The highest BCUT2D eigenvalue weighted by Crippen LogP contribution is 2.33. The zero-order valence-electron chi connectivity index (χ0n) is 22.2. The minimum atomic E-state index is -0.480. The molecule has 2 aliphatic heterocycles. The quantitative estimate of drug-likeness (QED) is 0.389. The van der Waals surface area contributed by atoms with Crippen molar-refractivity contribution in [1.82, 2.24) is 15.5 Å². The van der Waals surface area contributed by atoms with Crippen molar-refractivity contribution in [3.8, 4) is 0 Å². The molecule has 2 fully saturated rings. The Bertz CT molecular complexity index is 879. The van der Waals surface area contributed by atoms with E-state index in [0.717, 1.165) is 68.6 Å². The summed E-state index contributed by atoms with van der Waals surface area (Å²) in [7, 11) is 1.51. The Morgan fingerprint density at radius 2 is 2.08 bits per heavy atom. The maximum absolute atomic E-state index is 13.0. The van der Waals surface area contributed by atoms with Gasteiger partial charge in [-0.2, -0.15) is 0 Å². The summed E-state index contributed by atoms with van der Waals surface area (Å²) in [5.41, 5.74) is 9.61. The predicted molar refractivity (Wildman–Crippen MR) is 144 cm³/mol. The summed E-state index contributed by atoms with van der Waals surface area (Å²) in [5, 5.41) is 6.10. The molecule has 4 N–H and O–H groups in total. The number of rotatable bonds is 10. The van der Waals surface area contributed by atoms with Gasteiger partial charge in [0.2, 0.25) is 0 Å². The molecule has 37 heavy (non-hydrogen) atoms. The summed E-state index contributed by atoms with van der Waals surface area (Å²) < 4.78 is 16.3. The average Bonchev–Trinajstić information content (AvgIpc) is 3.17. The molecule has 3 amide bonds. The molecule has 2 aliphatic rings. The van der Waals surface area contributed by atoms with E-state index < -0.39 is 6.09 Å². The highest BCUT2D eigenvalue weighted by atomic mass is 35.5. The molecule has 0 aliphatic carbocycles. The maximum Gasteiger partial charge on any atom is 0.406 e. The summed E-state index contributed by atoms with van der Waals surface area (Å²) in [6, 6.07) is 3.78. The lowest BCUT2D eigenvalue weighted by atomic mass is 9.86. The number of likely N-dealkylation sites (tertiary alicyclic amines) is 1. The molecule has 3 atom stereocenters. The molecule has 9 nitrogen and oxygen atoms in total. The standard InChI is InChI=1S/C27H43ClN4O5/c1-19-22(18-36-10-11-37-27(34)30-2)13-23(28)14-25(19)21-7-5-8-32(16-21)26(33)31-15-24(29)12-20-6-3-4-9-35-17-20/h13-14,20-21,24H,3-12,15-18,29H2,1-2H3,(H,30,34)(H,31,33)/t20-,21+,24+/m1/s1. The van der Waals surface area contributed by atoms with E-state index in [1.54, 1.807) is 0 Å². The van der Waals surface area contributed by atoms with Crippen LogP contribution in [0.2, 0.25) is 5.02 Å². The van der Waals surface area contributed by atoms with E-state index in [1.165, 1.54) is 13.5 Å². The fourth-order valence-corrected chi connectivity index (χ4v) is 5.44. The number of piperidine rings is 1. The number of ether oxygens (including phenoxy) is 3. The van der Waals surface area contributed by atoms with Gasteiger partial charge < -0.3 is 35.5 Å². The number of hydrogen-bond donors (Lipinski definition) is 3. The van der Waals surface area contributed by atoms with Gasteiger partial charge in [0.1, 0.15) is 6.61 Å². The second kappa shape index (κ2) is 15.4. The second-order valence-electron chi connectivity index (χ2n) is 10.1.